The van der Waals surface area contributed by atoms with Crippen molar-refractivity contribution < 1.29 is 0 Å². The summed E-state index contributed by atoms with van der Waals surface area (Å²) in [4.78, 5) is 0. The second kappa shape index (κ2) is 3.50. The largest absolute Gasteiger partial charge is 0.192 e. The zero-order chi connectivity index (χ0) is 7.28. The van der Waals surface area contributed by atoms with Crippen LogP contribution in [-0.4, -0.2) is 0 Å². The Labute approximate surface area is 57.0 Å². The third-order valence-corrected chi connectivity index (χ3v) is 0.815. The number of nitriles is 3. The predicted octanol–water partition coefficient (Wildman–Crippen LogP) is 1.05. The summed E-state index contributed by atoms with van der Waals surface area (Å²) < 4.78 is 0. The molecule has 0 N–H and O–H groups in total. The molecule has 0 bridgehead atoms. The summed E-state index contributed by atoms with van der Waals surface area (Å²) in [5.74, 6) is 0. The van der Waals surface area contributed by atoms with E-state index in [2.05, 4.69) is 0 Å². The third-order valence-electron chi connectivity index (χ3n) is 0.541. The van der Waals surface area contributed by atoms with Crippen LogP contribution in [0.15, 0.2) is 10.6 Å². The van der Waals surface area contributed by atoms with Crippen molar-refractivity contribution in [2.45, 2.75) is 0 Å². The van der Waals surface area contributed by atoms with Gasteiger partial charge in [-0.3, -0.25) is 0 Å². The average Bonchev–Trinajstić information content (AvgIpc) is 1.90. The highest BCUT2D eigenvalue weighted by Crippen LogP contribution is 2.04. The number of nitrogens with zero attached hydrogens (tertiary/aromatic N) is 3. The lowest BCUT2D eigenvalue weighted by molar-refractivity contribution is 1.44. The zero-order valence-corrected chi connectivity index (χ0v) is 4.98. The predicted molar refractivity (Wildman–Crippen MR) is 29.7 cm³/mol. The van der Waals surface area contributed by atoms with Gasteiger partial charge in [0.1, 0.15) is 23.2 Å². The molecular formula is C5ClN3. The van der Waals surface area contributed by atoms with E-state index in [9.17, 15) is 0 Å². The van der Waals surface area contributed by atoms with Crippen molar-refractivity contribution in [3.63, 3.8) is 0 Å². The second-order valence-electron chi connectivity index (χ2n) is 1.02. The Morgan fingerprint density at radius 2 is 1.44 bits per heavy atom. The Kier molecular flexibility index (Phi) is 2.91. The maximum atomic E-state index is 8.06. The van der Waals surface area contributed by atoms with Crippen LogP contribution in [0.25, 0.3) is 0 Å². The summed E-state index contributed by atoms with van der Waals surface area (Å²) in [5, 5.41) is 23.8. The number of rotatable bonds is 0. The molecule has 0 rings (SSSR count). The van der Waals surface area contributed by atoms with Gasteiger partial charge in [0.25, 0.3) is 0 Å². The van der Waals surface area contributed by atoms with Gasteiger partial charge in [0, 0.05) is 0 Å². The fourth-order valence-electron chi connectivity index (χ4n) is 0.179. The first kappa shape index (κ1) is 7.50. The molecule has 0 amide bonds. The summed E-state index contributed by atoms with van der Waals surface area (Å²) in [7, 11) is 0. The molecule has 0 aliphatic heterocycles. The van der Waals surface area contributed by atoms with Gasteiger partial charge in [-0.25, -0.2) is 0 Å². The molecule has 0 aliphatic rings. The molecule has 0 saturated carbocycles. The van der Waals surface area contributed by atoms with E-state index in [0.717, 1.165) is 0 Å². The van der Waals surface area contributed by atoms with Crippen LogP contribution in [0.2, 0.25) is 0 Å². The van der Waals surface area contributed by atoms with Crippen molar-refractivity contribution in [3.8, 4) is 18.2 Å². The van der Waals surface area contributed by atoms with E-state index in [0.29, 0.717) is 0 Å². The van der Waals surface area contributed by atoms with Crippen LogP contribution >= 0.6 is 11.6 Å². The van der Waals surface area contributed by atoms with Crippen LogP contribution in [0.5, 0.6) is 0 Å². The maximum absolute atomic E-state index is 8.06. The molecule has 0 aliphatic carbocycles. The number of halogens is 1. The molecule has 0 atom stereocenters. The number of allylic oxidation sites excluding steroid dienone is 2. The van der Waals surface area contributed by atoms with Crippen molar-refractivity contribution >= 4 is 11.6 Å². The fourth-order valence-corrected chi connectivity index (χ4v) is 0.264. The van der Waals surface area contributed by atoms with Gasteiger partial charge >= 0.3 is 0 Å². The Hall–Kier alpha value is -1.50. The van der Waals surface area contributed by atoms with Crippen LogP contribution in [-0.2, 0) is 0 Å². The van der Waals surface area contributed by atoms with Crippen LogP contribution in [0.4, 0.5) is 0 Å². The number of hydrogen-bond acceptors (Lipinski definition) is 3. The van der Waals surface area contributed by atoms with E-state index in [-0.39, 0.29) is 10.6 Å². The summed E-state index contributed by atoms with van der Waals surface area (Å²) in [6, 6.07) is 4.40. The summed E-state index contributed by atoms with van der Waals surface area (Å²) in [5.41, 5.74) is -0.348. The Morgan fingerprint density at radius 1 is 1.00 bits per heavy atom. The summed E-state index contributed by atoms with van der Waals surface area (Å²) in [6.45, 7) is 0. The average molecular weight is 138 g/mol. The highest BCUT2D eigenvalue weighted by Gasteiger charge is 1.98. The first-order valence-corrected chi connectivity index (χ1v) is 2.24. The lowest BCUT2D eigenvalue weighted by Gasteiger charge is -1.76. The molecule has 9 heavy (non-hydrogen) atoms. The summed E-state index contributed by atoms with van der Waals surface area (Å²) >= 11 is 5.11. The van der Waals surface area contributed by atoms with Gasteiger partial charge < -0.3 is 0 Å². The minimum absolute atomic E-state index is 0.348. The zero-order valence-electron chi connectivity index (χ0n) is 4.22. The normalized spacial score (nSPS) is 6.00. The number of hydrogen-bond donors (Lipinski definition) is 0. The molecule has 0 heterocycles. The minimum Gasteiger partial charge on any atom is -0.192 e. The van der Waals surface area contributed by atoms with E-state index < -0.39 is 0 Å². The molecule has 0 radical (unpaired) electrons. The molecule has 0 saturated heterocycles. The highest BCUT2D eigenvalue weighted by molar-refractivity contribution is 6.32. The van der Waals surface area contributed by atoms with Crippen molar-refractivity contribution in [1.29, 1.82) is 15.8 Å². The minimum atomic E-state index is -0.361. The molecule has 0 aromatic heterocycles. The van der Waals surface area contributed by atoms with E-state index in [1.807, 2.05) is 0 Å². The molecule has 0 aromatic carbocycles. The van der Waals surface area contributed by atoms with Crippen LogP contribution in [0.1, 0.15) is 0 Å². The molecule has 3 nitrogen and oxygen atoms in total. The van der Waals surface area contributed by atoms with Gasteiger partial charge in [-0.05, 0) is 0 Å². The Balaban J connectivity index is 4.78. The molecule has 0 spiro atoms. The highest BCUT2D eigenvalue weighted by atomic mass is 35.5. The second-order valence-corrected chi connectivity index (χ2v) is 1.40. The van der Waals surface area contributed by atoms with Gasteiger partial charge in [-0.1, -0.05) is 11.6 Å². The fraction of sp³-hybridized carbons (Fsp3) is 0. The van der Waals surface area contributed by atoms with E-state index >= 15 is 0 Å². The quantitative estimate of drug-likeness (QED) is 0.469. The third kappa shape index (κ3) is 1.82. The maximum Gasteiger partial charge on any atom is 0.158 e. The van der Waals surface area contributed by atoms with Crippen molar-refractivity contribution in [2.24, 2.45) is 0 Å². The van der Waals surface area contributed by atoms with Crippen LogP contribution < -0.4 is 0 Å². The van der Waals surface area contributed by atoms with Gasteiger partial charge in [-0.15, -0.1) is 0 Å². The van der Waals surface area contributed by atoms with Crippen LogP contribution in [0, 0.1) is 34.0 Å². The van der Waals surface area contributed by atoms with Gasteiger partial charge in [0.05, 0.1) is 0 Å². The topological polar surface area (TPSA) is 71.4 Å². The lowest BCUT2D eigenvalue weighted by Crippen LogP contribution is -1.74. The van der Waals surface area contributed by atoms with E-state index in [1.54, 1.807) is 0 Å². The summed E-state index contributed by atoms with van der Waals surface area (Å²) in [6.07, 6.45) is 0. The molecule has 0 fully saturated rings. The van der Waals surface area contributed by atoms with E-state index in [1.165, 1.54) is 18.2 Å². The standard InChI is InChI=1S/C5ClN3/c6-5(3-9)4(1-7)2-8. The van der Waals surface area contributed by atoms with Gasteiger partial charge in [0.2, 0.25) is 0 Å². The molecule has 42 valence electrons. The van der Waals surface area contributed by atoms with Crippen molar-refractivity contribution in [2.75, 3.05) is 0 Å². The first-order valence-electron chi connectivity index (χ1n) is 1.86. The SMILES string of the molecule is N#CC(Cl)=C(C#N)C#N. The first-order chi connectivity index (χ1) is 4.26. The molecule has 0 unspecified atom stereocenters. The molecule has 4 heteroatoms. The smallest absolute Gasteiger partial charge is 0.158 e. The van der Waals surface area contributed by atoms with E-state index in [4.69, 9.17) is 27.4 Å². The molecular weight excluding hydrogens is 138 g/mol. The molecule has 0 aromatic rings. The van der Waals surface area contributed by atoms with Crippen molar-refractivity contribution in [3.05, 3.63) is 10.6 Å². The van der Waals surface area contributed by atoms with Gasteiger partial charge in [-0.2, -0.15) is 15.8 Å². The lowest BCUT2D eigenvalue weighted by atomic mass is 10.3. The Morgan fingerprint density at radius 3 is 1.56 bits per heavy atom. The van der Waals surface area contributed by atoms with Gasteiger partial charge in [0.15, 0.2) is 5.57 Å². The van der Waals surface area contributed by atoms with Crippen molar-refractivity contribution in [1.82, 2.24) is 0 Å². The monoisotopic (exact) mass is 137 g/mol. The van der Waals surface area contributed by atoms with Crippen LogP contribution in [0.3, 0.4) is 0 Å². The Bertz CT molecular complexity index is 241.